The molecule has 0 aromatic carbocycles. The molecule has 136 valence electrons. The van der Waals surface area contributed by atoms with Gasteiger partial charge in [0.1, 0.15) is 6.61 Å². The SMILES string of the molecule is CN=C(NCc1ccc(OCCOC)nc1)N1CCC(C)(C)C1.I. The molecule has 0 atom stereocenters. The van der Waals surface area contributed by atoms with E-state index in [1.807, 2.05) is 25.4 Å². The van der Waals surface area contributed by atoms with Gasteiger partial charge in [-0.2, -0.15) is 0 Å². The third-order valence-electron chi connectivity index (χ3n) is 3.97. The quantitative estimate of drug-likeness (QED) is 0.314. The van der Waals surface area contributed by atoms with E-state index >= 15 is 0 Å². The number of guanidine groups is 1. The molecule has 2 rings (SSSR count). The second-order valence-corrected chi connectivity index (χ2v) is 6.58. The summed E-state index contributed by atoms with van der Waals surface area (Å²) < 4.78 is 10.4. The van der Waals surface area contributed by atoms with Gasteiger partial charge in [0.2, 0.25) is 5.88 Å². The molecular weight excluding hydrogens is 419 g/mol. The normalized spacial score (nSPS) is 16.7. The molecule has 1 N–H and O–H groups in total. The molecule has 2 heterocycles. The van der Waals surface area contributed by atoms with Crippen molar-refractivity contribution in [2.24, 2.45) is 10.4 Å². The Morgan fingerprint density at radius 1 is 1.38 bits per heavy atom. The standard InChI is InChI=1S/C17H28N4O2.HI/c1-17(2)7-8-21(13-17)16(18-3)20-12-14-5-6-15(19-11-14)23-10-9-22-4;/h5-6,11H,7-10,12-13H2,1-4H3,(H,18,20);1H. The number of ether oxygens (including phenoxy) is 2. The van der Waals surface area contributed by atoms with Crippen LogP contribution in [-0.4, -0.2) is 56.3 Å². The zero-order valence-corrected chi connectivity index (χ0v) is 17.4. The molecule has 0 saturated carbocycles. The van der Waals surface area contributed by atoms with E-state index in [-0.39, 0.29) is 24.0 Å². The molecule has 24 heavy (non-hydrogen) atoms. The first-order valence-corrected chi connectivity index (χ1v) is 8.06. The van der Waals surface area contributed by atoms with Crippen LogP contribution in [0.3, 0.4) is 0 Å². The Morgan fingerprint density at radius 2 is 2.17 bits per heavy atom. The lowest BCUT2D eigenvalue weighted by Gasteiger charge is -2.23. The van der Waals surface area contributed by atoms with Gasteiger partial charge in [-0.05, 0) is 17.4 Å². The maximum absolute atomic E-state index is 5.46. The van der Waals surface area contributed by atoms with Crippen LogP contribution in [0.2, 0.25) is 0 Å². The van der Waals surface area contributed by atoms with Gasteiger partial charge in [-0.25, -0.2) is 4.98 Å². The highest BCUT2D eigenvalue weighted by atomic mass is 127. The number of likely N-dealkylation sites (tertiary alicyclic amines) is 1. The van der Waals surface area contributed by atoms with Crippen molar-refractivity contribution in [3.63, 3.8) is 0 Å². The minimum atomic E-state index is 0. The predicted octanol–water partition coefficient (Wildman–Crippen LogP) is 2.53. The van der Waals surface area contributed by atoms with Crippen molar-refractivity contribution >= 4 is 29.9 Å². The van der Waals surface area contributed by atoms with Crippen molar-refractivity contribution in [2.45, 2.75) is 26.8 Å². The summed E-state index contributed by atoms with van der Waals surface area (Å²) in [6.07, 6.45) is 3.03. The lowest BCUT2D eigenvalue weighted by Crippen LogP contribution is -2.40. The van der Waals surface area contributed by atoms with Crippen LogP contribution in [0.15, 0.2) is 23.3 Å². The van der Waals surface area contributed by atoms with Gasteiger partial charge in [-0.15, -0.1) is 24.0 Å². The summed E-state index contributed by atoms with van der Waals surface area (Å²) in [7, 11) is 3.48. The van der Waals surface area contributed by atoms with Crippen LogP contribution in [-0.2, 0) is 11.3 Å². The number of nitrogens with zero attached hydrogens (tertiary/aromatic N) is 3. The third kappa shape index (κ3) is 6.43. The number of halogens is 1. The van der Waals surface area contributed by atoms with E-state index < -0.39 is 0 Å². The number of pyridine rings is 1. The summed E-state index contributed by atoms with van der Waals surface area (Å²) in [6.45, 7) is 8.47. The van der Waals surface area contributed by atoms with Crippen LogP contribution >= 0.6 is 24.0 Å². The fourth-order valence-electron chi connectivity index (χ4n) is 2.64. The highest BCUT2D eigenvalue weighted by molar-refractivity contribution is 14.0. The lowest BCUT2D eigenvalue weighted by atomic mass is 9.93. The second-order valence-electron chi connectivity index (χ2n) is 6.58. The van der Waals surface area contributed by atoms with Crippen molar-refractivity contribution in [1.29, 1.82) is 0 Å². The molecule has 1 aromatic rings. The summed E-state index contributed by atoms with van der Waals surface area (Å²) in [6, 6.07) is 3.90. The van der Waals surface area contributed by atoms with E-state index in [0.717, 1.165) is 24.6 Å². The molecule has 7 heteroatoms. The van der Waals surface area contributed by atoms with Gasteiger partial charge < -0.3 is 19.7 Å². The highest BCUT2D eigenvalue weighted by Crippen LogP contribution is 2.28. The Bertz CT molecular complexity index is 520. The topological polar surface area (TPSA) is 59.0 Å². The van der Waals surface area contributed by atoms with Gasteiger partial charge in [-0.1, -0.05) is 19.9 Å². The van der Waals surface area contributed by atoms with Crippen molar-refractivity contribution in [3.05, 3.63) is 23.9 Å². The van der Waals surface area contributed by atoms with Gasteiger partial charge in [-0.3, -0.25) is 4.99 Å². The number of aromatic nitrogens is 1. The summed E-state index contributed by atoms with van der Waals surface area (Å²) in [5.74, 6) is 1.58. The van der Waals surface area contributed by atoms with Crippen LogP contribution in [0, 0.1) is 5.41 Å². The third-order valence-corrected chi connectivity index (χ3v) is 3.97. The fourth-order valence-corrected chi connectivity index (χ4v) is 2.64. The molecule has 0 aliphatic carbocycles. The minimum Gasteiger partial charge on any atom is -0.475 e. The van der Waals surface area contributed by atoms with Crippen molar-refractivity contribution < 1.29 is 9.47 Å². The van der Waals surface area contributed by atoms with Crippen molar-refractivity contribution in [2.75, 3.05) is 40.5 Å². The summed E-state index contributed by atoms with van der Waals surface area (Å²) in [5, 5.41) is 3.41. The molecule has 0 spiro atoms. The van der Waals surface area contributed by atoms with E-state index in [9.17, 15) is 0 Å². The number of hydrogen-bond acceptors (Lipinski definition) is 4. The Morgan fingerprint density at radius 3 is 2.71 bits per heavy atom. The molecule has 1 aromatic heterocycles. The first kappa shape index (κ1) is 21.0. The average Bonchev–Trinajstić information content (AvgIpc) is 2.90. The van der Waals surface area contributed by atoms with E-state index in [1.165, 1.54) is 6.42 Å². The molecule has 1 aliphatic rings. The van der Waals surface area contributed by atoms with Gasteiger partial charge >= 0.3 is 0 Å². The Balaban J connectivity index is 0.00000288. The van der Waals surface area contributed by atoms with Gasteiger partial charge in [0, 0.05) is 46.1 Å². The molecular formula is C17H29IN4O2. The second kappa shape index (κ2) is 10.0. The van der Waals surface area contributed by atoms with Crippen LogP contribution in [0.4, 0.5) is 0 Å². The van der Waals surface area contributed by atoms with Gasteiger partial charge in [0.25, 0.3) is 0 Å². The maximum Gasteiger partial charge on any atom is 0.213 e. The van der Waals surface area contributed by atoms with Crippen LogP contribution in [0.5, 0.6) is 5.88 Å². The number of rotatable bonds is 6. The molecule has 1 aliphatic heterocycles. The number of methoxy groups -OCH3 is 1. The molecule has 0 unspecified atom stereocenters. The first-order chi connectivity index (χ1) is 11.0. The van der Waals surface area contributed by atoms with Crippen LogP contribution < -0.4 is 10.1 Å². The molecule has 0 radical (unpaired) electrons. The highest BCUT2D eigenvalue weighted by Gasteiger charge is 2.30. The molecule has 0 amide bonds. The Kier molecular flexibility index (Phi) is 8.75. The minimum absolute atomic E-state index is 0. The summed E-state index contributed by atoms with van der Waals surface area (Å²) in [4.78, 5) is 11.0. The first-order valence-electron chi connectivity index (χ1n) is 8.06. The van der Waals surface area contributed by atoms with Crippen molar-refractivity contribution in [3.8, 4) is 5.88 Å². The summed E-state index contributed by atoms with van der Waals surface area (Å²) >= 11 is 0. The molecule has 1 saturated heterocycles. The fraction of sp³-hybridized carbons (Fsp3) is 0.647. The van der Waals surface area contributed by atoms with E-state index in [4.69, 9.17) is 9.47 Å². The maximum atomic E-state index is 5.46. The molecule has 1 fully saturated rings. The largest absolute Gasteiger partial charge is 0.475 e. The van der Waals surface area contributed by atoms with E-state index in [2.05, 4.69) is 34.0 Å². The lowest BCUT2D eigenvalue weighted by molar-refractivity contribution is 0.143. The van der Waals surface area contributed by atoms with Crippen LogP contribution in [0.1, 0.15) is 25.8 Å². The Hall–Kier alpha value is -1.09. The number of nitrogens with one attached hydrogen (secondary N) is 1. The van der Waals surface area contributed by atoms with E-state index in [1.54, 1.807) is 7.11 Å². The molecule has 6 nitrogen and oxygen atoms in total. The zero-order valence-electron chi connectivity index (χ0n) is 15.0. The smallest absolute Gasteiger partial charge is 0.213 e. The van der Waals surface area contributed by atoms with E-state index in [0.29, 0.717) is 31.1 Å². The summed E-state index contributed by atoms with van der Waals surface area (Å²) in [5.41, 5.74) is 1.46. The average molecular weight is 448 g/mol. The zero-order chi connectivity index (χ0) is 16.7. The predicted molar refractivity (Wildman–Crippen MR) is 107 cm³/mol. The monoisotopic (exact) mass is 448 g/mol. The molecule has 0 bridgehead atoms. The van der Waals surface area contributed by atoms with Gasteiger partial charge in [0.05, 0.1) is 6.61 Å². The number of hydrogen-bond donors (Lipinski definition) is 1. The van der Waals surface area contributed by atoms with Gasteiger partial charge in [0.15, 0.2) is 5.96 Å². The van der Waals surface area contributed by atoms with Crippen molar-refractivity contribution in [1.82, 2.24) is 15.2 Å². The number of aliphatic imine (C=N–C) groups is 1. The van der Waals surface area contributed by atoms with Crippen LogP contribution in [0.25, 0.3) is 0 Å². The Labute approximate surface area is 162 Å².